The number of aromatic nitrogens is 1. The maximum absolute atomic E-state index is 13.7. The molecule has 0 aliphatic heterocycles. The molecule has 3 aromatic rings. The lowest BCUT2D eigenvalue weighted by atomic mass is 10.0. The number of nitrogens with one attached hydrogen (secondary N) is 3. The summed E-state index contributed by atoms with van der Waals surface area (Å²) in [5.41, 5.74) is 1.58. The number of hydrogen-bond donors (Lipinski definition) is 4. The van der Waals surface area contributed by atoms with E-state index in [1.54, 1.807) is 44.2 Å². The summed E-state index contributed by atoms with van der Waals surface area (Å²) in [7, 11) is 0. The number of anilines is 2. The van der Waals surface area contributed by atoms with Gasteiger partial charge in [0, 0.05) is 23.4 Å². The SMILES string of the molecule is CC(C)[C@H](NC(=O)c1ccc(-c2ccc(NC(=O)Nc3ccc(F)cc3F)nc2)cc1)C(=O)O. The van der Waals surface area contributed by atoms with Gasteiger partial charge in [-0.1, -0.05) is 26.0 Å². The van der Waals surface area contributed by atoms with Crippen LogP contribution in [0.5, 0.6) is 0 Å². The molecular weight excluding hydrogens is 446 g/mol. The van der Waals surface area contributed by atoms with Crippen LogP contribution in [0.4, 0.5) is 25.1 Å². The summed E-state index contributed by atoms with van der Waals surface area (Å²) in [6.07, 6.45) is 1.50. The van der Waals surface area contributed by atoms with E-state index in [0.717, 1.165) is 17.7 Å². The number of carboxylic acids is 1. The summed E-state index contributed by atoms with van der Waals surface area (Å²) in [5, 5.41) is 16.4. The number of halogens is 2. The lowest BCUT2D eigenvalue weighted by molar-refractivity contribution is -0.140. The predicted molar refractivity (Wildman–Crippen MR) is 122 cm³/mol. The Morgan fingerprint density at radius 1 is 0.912 bits per heavy atom. The molecule has 10 heteroatoms. The monoisotopic (exact) mass is 468 g/mol. The van der Waals surface area contributed by atoms with Crippen molar-refractivity contribution in [3.8, 4) is 11.1 Å². The Morgan fingerprint density at radius 2 is 1.59 bits per heavy atom. The molecule has 0 saturated heterocycles. The highest BCUT2D eigenvalue weighted by molar-refractivity contribution is 5.99. The van der Waals surface area contributed by atoms with Gasteiger partial charge in [0.15, 0.2) is 0 Å². The number of carboxylic acid groups (broad SMARTS) is 1. The molecule has 0 aliphatic carbocycles. The molecule has 4 N–H and O–H groups in total. The van der Waals surface area contributed by atoms with E-state index >= 15 is 0 Å². The number of aliphatic carboxylic acids is 1. The van der Waals surface area contributed by atoms with Crippen LogP contribution < -0.4 is 16.0 Å². The molecule has 2 aromatic carbocycles. The molecule has 0 radical (unpaired) electrons. The quantitative estimate of drug-likeness (QED) is 0.407. The van der Waals surface area contributed by atoms with Crippen molar-refractivity contribution >= 4 is 29.4 Å². The van der Waals surface area contributed by atoms with Crippen LogP contribution in [0.15, 0.2) is 60.8 Å². The van der Waals surface area contributed by atoms with Gasteiger partial charge in [-0.25, -0.2) is 23.4 Å². The number of amides is 3. The fourth-order valence-electron chi connectivity index (χ4n) is 3.05. The molecule has 34 heavy (non-hydrogen) atoms. The minimum atomic E-state index is -1.10. The van der Waals surface area contributed by atoms with Crippen LogP contribution in [0.3, 0.4) is 0 Å². The Labute approximate surface area is 194 Å². The largest absolute Gasteiger partial charge is 0.480 e. The highest BCUT2D eigenvalue weighted by Gasteiger charge is 2.23. The Hall–Kier alpha value is -4.34. The van der Waals surface area contributed by atoms with E-state index < -0.39 is 35.6 Å². The van der Waals surface area contributed by atoms with Crippen molar-refractivity contribution in [2.24, 2.45) is 5.92 Å². The van der Waals surface area contributed by atoms with Gasteiger partial charge < -0.3 is 15.7 Å². The lowest BCUT2D eigenvalue weighted by Crippen LogP contribution is -2.44. The van der Waals surface area contributed by atoms with Crippen LogP contribution in [-0.2, 0) is 4.79 Å². The number of carbonyl (C=O) groups excluding carboxylic acids is 2. The average Bonchev–Trinajstić information content (AvgIpc) is 2.79. The van der Waals surface area contributed by atoms with Gasteiger partial charge in [0.2, 0.25) is 0 Å². The first-order valence-electron chi connectivity index (χ1n) is 10.3. The Bertz CT molecular complexity index is 1200. The molecule has 0 spiro atoms. The highest BCUT2D eigenvalue weighted by Crippen LogP contribution is 2.21. The standard InChI is InChI=1S/C24H22F2N4O4/c1-13(2)21(23(32)33)30-22(31)15-5-3-14(4-6-15)16-7-10-20(27-12-16)29-24(34)28-19-9-8-17(25)11-18(19)26/h3-13,21H,1-2H3,(H,30,31)(H,32,33)(H2,27,28,29,34)/t21-/m0/s1. The Balaban J connectivity index is 1.62. The summed E-state index contributed by atoms with van der Waals surface area (Å²) < 4.78 is 26.6. The number of hydrogen-bond acceptors (Lipinski definition) is 4. The third-order valence-corrected chi connectivity index (χ3v) is 4.88. The summed E-state index contributed by atoms with van der Waals surface area (Å²) in [4.78, 5) is 39.8. The van der Waals surface area contributed by atoms with Gasteiger partial charge >= 0.3 is 12.0 Å². The maximum atomic E-state index is 13.7. The normalized spacial score (nSPS) is 11.6. The number of carbonyl (C=O) groups is 3. The maximum Gasteiger partial charge on any atom is 0.326 e. The summed E-state index contributed by atoms with van der Waals surface area (Å²) in [6.45, 7) is 3.41. The third-order valence-electron chi connectivity index (χ3n) is 4.88. The van der Waals surface area contributed by atoms with Crippen LogP contribution in [0, 0.1) is 17.6 Å². The molecule has 0 fully saturated rings. The molecule has 0 unspecified atom stereocenters. The topological polar surface area (TPSA) is 120 Å². The molecule has 1 aromatic heterocycles. The Morgan fingerprint density at radius 3 is 2.15 bits per heavy atom. The molecule has 1 heterocycles. The molecule has 176 valence electrons. The van der Waals surface area contributed by atoms with Crippen molar-refractivity contribution in [2.75, 3.05) is 10.6 Å². The molecule has 3 rings (SSSR count). The fourth-order valence-corrected chi connectivity index (χ4v) is 3.05. The van der Waals surface area contributed by atoms with E-state index in [0.29, 0.717) is 17.2 Å². The first-order valence-corrected chi connectivity index (χ1v) is 10.3. The van der Waals surface area contributed by atoms with Crippen molar-refractivity contribution in [1.82, 2.24) is 10.3 Å². The van der Waals surface area contributed by atoms with E-state index in [9.17, 15) is 28.3 Å². The summed E-state index contributed by atoms with van der Waals surface area (Å²) >= 11 is 0. The summed E-state index contributed by atoms with van der Waals surface area (Å²) in [5.74, 6) is -3.32. The van der Waals surface area contributed by atoms with Gasteiger partial charge in [0.1, 0.15) is 23.5 Å². The second kappa shape index (κ2) is 10.5. The van der Waals surface area contributed by atoms with Crippen LogP contribution in [0.2, 0.25) is 0 Å². The molecule has 8 nitrogen and oxygen atoms in total. The van der Waals surface area contributed by atoms with Crippen molar-refractivity contribution in [1.29, 1.82) is 0 Å². The summed E-state index contributed by atoms with van der Waals surface area (Å²) in [6, 6.07) is 10.8. The third kappa shape index (κ3) is 6.12. The van der Waals surface area contributed by atoms with Gasteiger partial charge in [-0.15, -0.1) is 0 Å². The van der Waals surface area contributed by atoms with Crippen molar-refractivity contribution < 1.29 is 28.3 Å². The number of rotatable bonds is 7. The van der Waals surface area contributed by atoms with E-state index in [-0.39, 0.29) is 17.4 Å². The van der Waals surface area contributed by atoms with E-state index in [4.69, 9.17) is 0 Å². The lowest BCUT2D eigenvalue weighted by Gasteiger charge is -2.18. The van der Waals surface area contributed by atoms with E-state index in [1.807, 2.05) is 0 Å². The first-order chi connectivity index (χ1) is 16.1. The van der Waals surface area contributed by atoms with Gasteiger partial charge in [0.05, 0.1) is 5.69 Å². The van der Waals surface area contributed by atoms with Gasteiger partial charge in [-0.05, 0) is 47.9 Å². The number of benzene rings is 2. The minimum absolute atomic E-state index is 0.178. The molecule has 0 bridgehead atoms. The predicted octanol–water partition coefficient (Wildman–Crippen LogP) is 4.51. The Kier molecular flexibility index (Phi) is 7.52. The van der Waals surface area contributed by atoms with E-state index in [2.05, 4.69) is 20.9 Å². The van der Waals surface area contributed by atoms with Crippen molar-refractivity contribution in [3.05, 3.63) is 78.0 Å². The van der Waals surface area contributed by atoms with E-state index in [1.165, 1.54) is 12.3 Å². The zero-order valence-corrected chi connectivity index (χ0v) is 18.3. The molecule has 0 saturated carbocycles. The zero-order chi connectivity index (χ0) is 24.8. The van der Waals surface area contributed by atoms with Crippen LogP contribution in [0.1, 0.15) is 24.2 Å². The molecule has 3 amide bonds. The van der Waals surface area contributed by atoms with Gasteiger partial charge in [0.25, 0.3) is 5.91 Å². The van der Waals surface area contributed by atoms with Crippen molar-refractivity contribution in [3.63, 3.8) is 0 Å². The second-order valence-corrected chi connectivity index (χ2v) is 7.75. The number of nitrogens with zero attached hydrogens (tertiary/aromatic N) is 1. The first kappa shape index (κ1) is 24.3. The van der Waals surface area contributed by atoms with Crippen LogP contribution >= 0.6 is 0 Å². The fraction of sp³-hybridized carbons (Fsp3) is 0.167. The van der Waals surface area contributed by atoms with Gasteiger partial charge in [-0.2, -0.15) is 0 Å². The highest BCUT2D eigenvalue weighted by atomic mass is 19.1. The number of urea groups is 1. The average molecular weight is 468 g/mol. The van der Waals surface area contributed by atoms with Gasteiger partial charge in [-0.3, -0.25) is 10.1 Å². The molecule has 1 atom stereocenters. The zero-order valence-electron chi connectivity index (χ0n) is 18.3. The molecular formula is C24H22F2N4O4. The number of pyridine rings is 1. The smallest absolute Gasteiger partial charge is 0.326 e. The molecule has 0 aliphatic rings. The van der Waals surface area contributed by atoms with Crippen LogP contribution in [0.25, 0.3) is 11.1 Å². The van der Waals surface area contributed by atoms with Crippen molar-refractivity contribution in [2.45, 2.75) is 19.9 Å². The second-order valence-electron chi connectivity index (χ2n) is 7.75. The van der Waals surface area contributed by atoms with Crippen LogP contribution in [-0.4, -0.2) is 34.0 Å². The minimum Gasteiger partial charge on any atom is -0.480 e.